The lowest BCUT2D eigenvalue weighted by molar-refractivity contribution is -0.322. The van der Waals surface area contributed by atoms with Crippen molar-refractivity contribution >= 4 is 17.9 Å². The van der Waals surface area contributed by atoms with Gasteiger partial charge in [-0.1, -0.05) is 25.1 Å². The van der Waals surface area contributed by atoms with Crippen molar-refractivity contribution in [2.75, 3.05) is 48.1 Å². The van der Waals surface area contributed by atoms with E-state index in [1.165, 1.54) is 21.0 Å². The molecule has 15 atom stereocenters. The Bertz CT molecular complexity index is 1480. The lowest BCUT2D eigenvalue weighted by atomic mass is 9.42. The van der Waals surface area contributed by atoms with Crippen LogP contribution in [0.1, 0.15) is 44.0 Å². The Morgan fingerprint density at radius 3 is 2.20 bits per heavy atom. The average molecular weight is 688 g/mol. The highest BCUT2D eigenvalue weighted by Crippen LogP contribution is 2.80. The molecule has 1 heterocycles. The summed E-state index contributed by atoms with van der Waals surface area (Å²) < 4.78 is 43.9. The van der Waals surface area contributed by atoms with E-state index in [2.05, 4.69) is 4.90 Å². The number of rotatable bonds is 10. The Hall–Kier alpha value is -2.65. The minimum Gasteiger partial charge on any atom is -0.462 e. The molecule has 1 unspecified atom stereocenters. The summed E-state index contributed by atoms with van der Waals surface area (Å²) in [7, 11) is 6.25. The van der Waals surface area contributed by atoms with Crippen LogP contribution in [0, 0.1) is 34.5 Å². The number of fused-ring (bicyclic) bond motifs is 2. The first-order chi connectivity index (χ1) is 23.4. The maximum atomic E-state index is 13.8. The number of esters is 3. The number of benzene rings is 1. The van der Waals surface area contributed by atoms with Crippen molar-refractivity contribution < 1.29 is 57.8 Å². The molecule has 1 aromatic rings. The number of aliphatic hydroxyl groups is 2. The summed E-state index contributed by atoms with van der Waals surface area (Å²) in [5.41, 5.74) is -4.92. The summed E-state index contributed by atoms with van der Waals surface area (Å²) in [6, 6.07) is 8.12. The number of ether oxygens (including phenoxy) is 7. The Labute approximate surface area is 286 Å². The zero-order valence-corrected chi connectivity index (χ0v) is 29.2. The molecule has 49 heavy (non-hydrogen) atoms. The van der Waals surface area contributed by atoms with Gasteiger partial charge in [-0.3, -0.25) is 14.5 Å². The fourth-order valence-electron chi connectivity index (χ4n) is 12.7. The molecule has 6 fully saturated rings. The van der Waals surface area contributed by atoms with E-state index < -0.39 is 100 Å². The molecule has 0 radical (unpaired) electrons. The average Bonchev–Trinajstić information content (AvgIpc) is 3.44. The van der Waals surface area contributed by atoms with E-state index in [0.29, 0.717) is 19.5 Å². The van der Waals surface area contributed by atoms with E-state index in [-0.39, 0.29) is 24.6 Å². The van der Waals surface area contributed by atoms with Crippen LogP contribution in [0.4, 0.5) is 0 Å². The van der Waals surface area contributed by atoms with Crippen LogP contribution in [0.15, 0.2) is 30.3 Å². The van der Waals surface area contributed by atoms with E-state index in [0.717, 1.165) is 0 Å². The van der Waals surface area contributed by atoms with Crippen molar-refractivity contribution in [2.45, 2.75) is 87.5 Å². The molecule has 13 nitrogen and oxygen atoms in total. The van der Waals surface area contributed by atoms with Gasteiger partial charge in [0.2, 0.25) is 0 Å². The van der Waals surface area contributed by atoms with Crippen LogP contribution in [0.3, 0.4) is 0 Å². The Morgan fingerprint density at radius 1 is 0.918 bits per heavy atom. The molecule has 0 amide bonds. The first-order valence-electron chi connectivity index (χ1n) is 17.2. The topological polar surface area (TPSA) is 160 Å². The number of aliphatic hydroxyl groups excluding tert-OH is 1. The first-order valence-corrected chi connectivity index (χ1v) is 17.2. The van der Waals surface area contributed by atoms with E-state index in [4.69, 9.17) is 33.2 Å². The molecule has 5 aliphatic carbocycles. The fourth-order valence-corrected chi connectivity index (χ4v) is 12.7. The molecule has 13 heteroatoms. The Morgan fingerprint density at radius 2 is 1.63 bits per heavy atom. The summed E-state index contributed by atoms with van der Waals surface area (Å²) in [6.07, 6.45) is -5.45. The van der Waals surface area contributed by atoms with Gasteiger partial charge >= 0.3 is 17.9 Å². The van der Waals surface area contributed by atoms with Crippen LogP contribution in [-0.4, -0.2) is 135 Å². The third-order valence-corrected chi connectivity index (χ3v) is 13.4. The monoisotopic (exact) mass is 687 g/mol. The molecule has 1 saturated heterocycles. The molecule has 0 aromatic heterocycles. The van der Waals surface area contributed by atoms with Crippen molar-refractivity contribution in [3.05, 3.63) is 35.9 Å². The minimum absolute atomic E-state index is 0.0534. The summed E-state index contributed by atoms with van der Waals surface area (Å²) in [5, 5.41) is 25.5. The van der Waals surface area contributed by atoms with Gasteiger partial charge in [0.25, 0.3) is 0 Å². The second-order valence-electron chi connectivity index (χ2n) is 15.0. The minimum atomic E-state index is -1.86. The van der Waals surface area contributed by atoms with Gasteiger partial charge in [-0.05, 0) is 31.0 Å². The van der Waals surface area contributed by atoms with Crippen LogP contribution >= 0.6 is 0 Å². The second-order valence-corrected chi connectivity index (χ2v) is 15.0. The molecule has 1 spiro atoms. The third kappa shape index (κ3) is 4.21. The maximum Gasteiger partial charge on any atom is 0.338 e. The van der Waals surface area contributed by atoms with Crippen molar-refractivity contribution in [3.63, 3.8) is 0 Å². The number of nitrogens with zero attached hydrogens (tertiary/aromatic N) is 1. The number of hydrogen-bond acceptors (Lipinski definition) is 13. The normalized spacial score (nSPS) is 47.4. The van der Waals surface area contributed by atoms with Gasteiger partial charge in [0.1, 0.15) is 30.0 Å². The molecular weight excluding hydrogens is 638 g/mol. The van der Waals surface area contributed by atoms with Gasteiger partial charge in [0.15, 0.2) is 5.60 Å². The molecule has 6 aliphatic rings. The summed E-state index contributed by atoms with van der Waals surface area (Å²) in [6.45, 7) is 5.99. The summed E-state index contributed by atoms with van der Waals surface area (Å²) in [5.74, 6) is -4.24. The van der Waals surface area contributed by atoms with Gasteiger partial charge in [0.05, 0.1) is 24.4 Å². The predicted molar refractivity (Wildman–Crippen MR) is 170 cm³/mol. The highest BCUT2D eigenvalue weighted by Gasteiger charge is 2.92. The third-order valence-electron chi connectivity index (χ3n) is 13.4. The van der Waals surface area contributed by atoms with E-state index in [9.17, 15) is 24.6 Å². The van der Waals surface area contributed by atoms with Gasteiger partial charge in [-0.25, -0.2) is 4.79 Å². The lowest BCUT2D eigenvalue weighted by Gasteiger charge is -2.70. The number of hydrogen-bond donors (Lipinski definition) is 2. The summed E-state index contributed by atoms with van der Waals surface area (Å²) in [4.78, 5) is 42.2. The van der Waals surface area contributed by atoms with Crippen LogP contribution in [0.25, 0.3) is 0 Å². The second kappa shape index (κ2) is 12.0. The van der Waals surface area contributed by atoms with Crippen molar-refractivity contribution in [1.29, 1.82) is 0 Å². The van der Waals surface area contributed by atoms with E-state index >= 15 is 0 Å². The molecular formula is C36H49NO12. The quantitative estimate of drug-likeness (QED) is 0.267. The van der Waals surface area contributed by atoms with E-state index in [1.54, 1.807) is 51.7 Å². The molecule has 7 rings (SSSR count). The number of carbonyl (C=O) groups excluding carboxylic acids is 3. The maximum absolute atomic E-state index is 13.8. The molecule has 5 saturated carbocycles. The van der Waals surface area contributed by atoms with Gasteiger partial charge in [0, 0.05) is 89.9 Å². The predicted octanol–water partition coefficient (Wildman–Crippen LogP) is 1.22. The van der Waals surface area contributed by atoms with E-state index in [1.807, 2.05) is 6.92 Å². The number of carbonyl (C=O) groups is 3. The fraction of sp³-hybridized carbons (Fsp3) is 0.750. The van der Waals surface area contributed by atoms with Crippen LogP contribution in [-0.2, 0) is 42.7 Å². The van der Waals surface area contributed by atoms with Gasteiger partial charge in [-0.15, -0.1) is 0 Å². The van der Waals surface area contributed by atoms with Crippen LogP contribution in [0.2, 0.25) is 0 Å². The zero-order chi connectivity index (χ0) is 35.3. The van der Waals surface area contributed by atoms with Crippen LogP contribution in [0.5, 0.6) is 0 Å². The van der Waals surface area contributed by atoms with Crippen molar-refractivity contribution in [3.8, 4) is 0 Å². The van der Waals surface area contributed by atoms with Crippen LogP contribution < -0.4 is 0 Å². The van der Waals surface area contributed by atoms with Gasteiger partial charge < -0.3 is 43.4 Å². The first kappa shape index (κ1) is 34.8. The molecule has 270 valence electrons. The molecule has 1 aliphatic heterocycles. The van der Waals surface area contributed by atoms with Gasteiger partial charge in [-0.2, -0.15) is 0 Å². The Balaban J connectivity index is 1.53. The Kier molecular flexibility index (Phi) is 8.49. The van der Waals surface area contributed by atoms with Crippen molar-refractivity contribution in [1.82, 2.24) is 4.90 Å². The standard InChI is InChI=1S/C36H49NO12/c1-8-37-16-33(17-43-4)22(47-18(2)38)14-23(44-5)35-21-15-34(42)30(48-32(41)20-12-10-9-11-13-20)24(21)36(49-19(3)39,29(40)31(34)46-7)25(28(35)37)26(45-6)27(33)35/h9-13,21-31,40,42H,8,14-17H2,1-7H3/t21-,22-,23+,24-,25-,26+,27-,28?,29+,30-,31+,33+,34-,35+,36-/m1/s1. The highest BCUT2D eigenvalue weighted by molar-refractivity contribution is 5.89. The zero-order valence-electron chi connectivity index (χ0n) is 29.2. The highest BCUT2D eigenvalue weighted by atomic mass is 16.6. The number of methoxy groups -OCH3 is 4. The molecule has 2 N–H and O–H groups in total. The number of piperidine rings is 1. The lowest BCUT2D eigenvalue weighted by Crippen LogP contribution is -2.81. The molecule has 7 bridgehead atoms. The smallest absolute Gasteiger partial charge is 0.338 e. The molecule has 1 aromatic carbocycles. The SMILES string of the molecule is CCN1C[C@@]2(COC)[C@H]3[C@@H](OC)[C@@H]4C1[C@]3([C@@H](OC)C[C@H]2OC(C)=O)[C@@H]1C[C@@]2(O)[C@H](OC(=O)c3ccccc3)[C@@H]1[C@]4(OC(C)=O)[C@@H](O)[C@@H]2OC. The number of likely N-dealkylation sites (tertiary alicyclic amines) is 1. The largest absolute Gasteiger partial charge is 0.462 e. The van der Waals surface area contributed by atoms with Crippen molar-refractivity contribution in [2.24, 2.45) is 34.5 Å². The summed E-state index contributed by atoms with van der Waals surface area (Å²) >= 11 is 0.